The molecule has 5 heteroatoms. The van der Waals surface area contributed by atoms with Crippen molar-refractivity contribution in [3.8, 4) is 0 Å². The summed E-state index contributed by atoms with van der Waals surface area (Å²) in [6.07, 6.45) is 4.60. The van der Waals surface area contributed by atoms with E-state index < -0.39 is 0 Å². The molecule has 4 rings (SSSR count). The minimum Gasteiger partial charge on any atom is -0.462 e. The van der Waals surface area contributed by atoms with Gasteiger partial charge >= 0.3 is 5.97 Å². The highest BCUT2D eigenvalue weighted by Gasteiger charge is 2.58. The number of nitrogens with zero attached hydrogens (tertiary/aromatic N) is 2. The van der Waals surface area contributed by atoms with Gasteiger partial charge in [-0.15, -0.1) is 11.8 Å². The van der Waals surface area contributed by atoms with Crippen LogP contribution in [0, 0.1) is 0 Å². The average Bonchev–Trinajstić information content (AvgIpc) is 3.24. The van der Waals surface area contributed by atoms with Crippen molar-refractivity contribution >= 4 is 35.2 Å². The number of anilines is 2. The van der Waals surface area contributed by atoms with Crippen LogP contribution in [-0.4, -0.2) is 43.8 Å². The number of carbonyl (C=O) groups is 1. The molecule has 1 saturated heterocycles. The highest BCUT2D eigenvalue weighted by atomic mass is 32.2. The fourth-order valence-corrected chi connectivity index (χ4v) is 6.16. The van der Waals surface area contributed by atoms with Gasteiger partial charge in [0.2, 0.25) is 0 Å². The molecule has 0 radical (unpaired) electrons. The van der Waals surface area contributed by atoms with E-state index in [4.69, 9.17) is 4.74 Å². The molecule has 0 amide bonds. The molecule has 30 heavy (non-hydrogen) atoms. The molecule has 2 heterocycles. The van der Waals surface area contributed by atoms with E-state index in [1.165, 1.54) is 22.5 Å². The zero-order valence-electron chi connectivity index (χ0n) is 18.4. The van der Waals surface area contributed by atoms with Gasteiger partial charge < -0.3 is 14.5 Å². The molecule has 4 nitrogen and oxygen atoms in total. The van der Waals surface area contributed by atoms with Crippen molar-refractivity contribution in [3.05, 3.63) is 65.2 Å². The summed E-state index contributed by atoms with van der Waals surface area (Å²) >= 11 is 1.99. The third kappa shape index (κ3) is 3.20. The Kier molecular flexibility index (Phi) is 5.35. The summed E-state index contributed by atoms with van der Waals surface area (Å²) < 4.78 is 5.23. The zero-order valence-corrected chi connectivity index (χ0v) is 19.3. The first kappa shape index (κ1) is 20.9. The third-order valence-electron chi connectivity index (χ3n) is 6.32. The van der Waals surface area contributed by atoms with Gasteiger partial charge in [-0.1, -0.05) is 32.1 Å². The lowest BCUT2D eigenvalue weighted by atomic mass is 9.79. The number of fused-ring (bicyclic) bond motifs is 3. The lowest BCUT2D eigenvalue weighted by Gasteiger charge is -2.40. The van der Waals surface area contributed by atoms with Crippen LogP contribution in [0.1, 0.15) is 42.3 Å². The minimum atomic E-state index is -0.249. The van der Waals surface area contributed by atoms with Crippen LogP contribution < -0.4 is 9.80 Å². The van der Waals surface area contributed by atoms with E-state index >= 15 is 0 Å². The number of hydrogen-bond acceptors (Lipinski definition) is 5. The van der Waals surface area contributed by atoms with Gasteiger partial charge in [-0.25, -0.2) is 4.79 Å². The summed E-state index contributed by atoms with van der Waals surface area (Å²) in [6, 6.07) is 14.7. The number of rotatable bonds is 5. The second-order valence-electron chi connectivity index (χ2n) is 8.59. The Morgan fingerprint density at radius 1 is 1.20 bits per heavy atom. The van der Waals surface area contributed by atoms with Crippen LogP contribution in [0.3, 0.4) is 0 Å². The second kappa shape index (κ2) is 7.69. The standard InChI is InChI=1S/C25H30N2O2S/c1-6-29-23(28)19-9-12-22-21(17-19)24(2,3)25(27(22)15-16-30-25)14-13-18-7-10-20(11-8-18)26(4)5/h7-14,17H,6,15-16H2,1-5H3/b14-13+. The van der Waals surface area contributed by atoms with E-state index in [1.54, 1.807) is 0 Å². The first-order valence-electron chi connectivity index (χ1n) is 10.5. The van der Waals surface area contributed by atoms with Crippen LogP contribution >= 0.6 is 11.8 Å². The summed E-state index contributed by atoms with van der Waals surface area (Å²) in [7, 11) is 4.11. The molecule has 2 aliphatic heterocycles. The van der Waals surface area contributed by atoms with Gasteiger partial charge in [-0.2, -0.15) is 0 Å². The number of hydrogen-bond donors (Lipinski definition) is 0. The first-order valence-corrected chi connectivity index (χ1v) is 11.5. The van der Waals surface area contributed by atoms with Crippen molar-refractivity contribution in [2.24, 2.45) is 0 Å². The maximum absolute atomic E-state index is 12.3. The monoisotopic (exact) mass is 422 g/mol. The van der Waals surface area contributed by atoms with E-state index in [9.17, 15) is 4.79 Å². The van der Waals surface area contributed by atoms with Gasteiger partial charge in [0.1, 0.15) is 4.87 Å². The van der Waals surface area contributed by atoms with E-state index in [2.05, 4.69) is 80.2 Å². The van der Waals surface area contributed by atoms with Crippen molar-refractivity contribution in [1.29, 1.82) is 0 Å². The van der Waals surface area contributed by atoms with Crippen LogP contribution in [0.4, 0.5) is 11.4 Å². The Bertz CT molecular complexity index is 981. The average molecular weight is 423 g/mol. The summed E-state index contributed by atoms with van der Waals surface area (Å²) in [5.74, 6) is 0.841. The highest BCUT2D eigenvalue weighted by molar-refractivity contribution is 8.01. The van der Waals surface area contributed by atoms with Gasteiger partial charge in [0, 0.05) is 43.2 Å². The maximum atomic E-state index is 12.3. The van der Waals surface area contributed by atoms with Crippen molar-refractivity contribution in [1.82, 2.24) is 0 Å². The molecule has 0 aliphatic carbocycles. The third-order valence-corrected chi connectivity index (χ3v) is 8.01. The molecule has 1 unspecified atom stereocenters. The van der Waals surface area contributed by atoms with Crippen LogP contribution in [0.5, 0.6) is 0 Å². The molecule has 0 N–H and O–H groups in total. The predicted molar refractivity (Wildman–Crippen MR) is 128 cm³/mol. The van der Waals surface area contributed by atoms with Gasteiger partial charge in [0.25, 0.3) is 0 Å². The Morgan fingerprint density at radius 2 is 1.93 bits per heavy atom. The fourth-order valence-electron chi connectivity index (χ4n) is 4.60. The first-order chi connectivity index (χ1) is 14.3. The molecule has 0 spiro atoms. The number of esters is 1. The fraction of sp³-hybridized carbons (Fsp3) is 0.400. The number of benzene rings is 2. The summed E-state index contributed by atoms with van der Waals surface area (Å²) in [5.41, 5.74) is 5.32. The molecule has 1 atom stereocenters. The summed E-state index contributed by atoms with van der Waals surface area (Å²) in [4.78, 5) is 16.8. The Hall–Kier alpha value is -2.40. The van der Waals surface area contributed by atoms with E-state index in [0.29, 0.717) is 12.2 Å². The highest BCUT2D eigenvalue weighted by Crippen LogP contribution is 2.60. The van der Waals surface area contributed by atoms with Crippen LogP contribution in [0.25, 0.3) is 6.08 Å². The molecular weight excluding hydrogens is 392 g/mol. The molecule has 2 aromatic carbocycles. The van der Waals surface area contributed by atoms with Crippen molar-refractivity contribution in [2.45, 2.75) is 31.1 Å². The van der Waals surface area contributed by atoms with Crippen LogP contribution in [0.15, 0.2) is 48.5 Å². The summed E-state index contributed by atoms with van der Waals surface area (Å²) in [6.45, 7) is 7.81. The Morgan fingerprint density at radius 3 is 2.60 bits per heavy atom. The predicted octanol–water partition coefficient (Wildman–Crippen LogP) is 5.18. The molecule has 0 saturated carbocycles. The van der Waals surface area contributed by atoms with Gasteiger partial charge in [0.15, 0.2) is 0 Å². The van der Waals surface area contributed by atoms with Crippen LogP contribution in [0.2, 0.25) is 0 Å². The zero-order chi connectivity index (χ0) is 21.5. The number of thioether (sulfide) groups is 1. The van der Waals surface area contributed by atoms with Crippen LogP contribution in [-0.2, 0) is 10.2 Å². The molecular formula is C25H30N2O2S. The van der Waals surface area contributed by atoms with Gasteiger partial charge in [-0.3, -0.25) is 0 Å². The van der Waals surface area contributed by atoms with E-state index in [-0.39, 0.29) is 16.3 Å². The largest absolute Gasteiger partial charge is 0.462 e. The van der Waals surface area contributed by atoms with E-state index in [0.717, 1.165) is 12.3 Å². The summed E-state index contributed by atoms with van der Waals surface area (Å²) in [5, 5.41) is 0. The quantitative estimate of drug-likeness (QED) is 0.620. The molecule has 0 aromatic heterocycles. The van der Waals surface area contributed by atoms with Gasteiger partial charge in [-0.05, 0) is 54.5 Å². The Labute approximate surface area is 183 Å². The van der Waals surface area contributed by atoms with Crippen molar-refractivity contribution in [3.63, 3.8) is 0 Å². The van der Waals surface area contributed by atoms with Crippen molar-refractivity contribution < 1.29 is 9.53 Å². The topological polar surface area (TPSA) is 32.8 Å². The lowest BCUT2D eigenvalue weighted by Crippen LogP contribution is -2.48. The maximum Gasteiger partial charge on any atom is 0.338 e. The Balaban J connectivity index is 1.70. The number of carbonyl (C=O) groups excluding carboxylic acids is 1. The molecule has 0 bridgehead atoms. The minimum absolute atomic E-state index is 0.147. The smallest absolute Gasteiger partial charge is 0.338 e. The normalized spacial score (nSPS) is 21.6. The van der Waals surface area contributed by atoms with Crippen molar-refractivity contribution in [2.75, 3.05) is 42.8 Å². The second-order valence-corrected chi connectivity index (χ2v) is 9.91. The lowest BCUT2D eigenvalue weighted by molar-refractivity contribution is 0.0526. The molecule has 158 valence electrons. The molecule has 1 fully saturated rings. The van der Waals surface area contributed by atoms with Gasteiger partial charge in [0.05, 0.1) is 12.2 Å². The number of ether oxygens (including phenoxy) is 1. The molecule has 2 aromatic rings. The molecule has 2 aliphatic rings. The van der Waals surface area contributed by atoms with E-state index in [1.807, 2.05) is 30.8 Å². The SMILES string of the molecule is CCOC(=O)c1ccc2c(c1)C(C)(C)C1(/C=C/c3ccc(N(C)C)cc3)SCCN21.